The molecule has 0 saturated heterocycles. The van der Waals surface area contributed by atoms with Crippen molar-refractivity contribution in [3.63, 3.8) is 0 Å². The Morgan fingerprint density at radius 1 is 1.15 bits per heavy atom. The van der Waals surface area contributed by atoms with Crippen LogP contribution in [0.15, 0.2) is 58.0 Å². The van der Waals surface area contributed by atoms with Gasteiger partial charge in [0.2, 0.25) is 0 Å². The summed E-state index contributed by atoms with van der Waals surface area (Å²) in [6.45, 7) is 3.35. The molecule has 40 heavy (non-hydrogen) atoms. The second-order valence-corrected chi connectivity index (χ2v) is 12.0. The topological polar surface area (TPSA) is 108 Å². The van der Waals surface area contributed by atoms with Gasteiger partial charge >= 0.3 is 5.97 Å². The molecule has 5 rings (SSSR count). The molecule has 1 saturated carbocycles. The monoisotopic (exact) mass is 570 g/mol. The van der Waals surface area contributed by atoms with Gasteiger partial charge in [-0.15, -0.1) is 0 Å². The van der Waals surface area contributed by atoms with Crippen LogP contribution >= 0.6 is 0 Å². The van der Waals surface area contributed by atoms with Crippen molar-refractivity contribution < 1.29 is 36.3 Å². The number of hydrogen-bond donors (Lipinski definition) is 0. The zero-order chi connectivity index (χ0) is 28.8. The van der Waals surface area contributed by atoms with E-state index in [2.05, 4.69) is 5.16 Å². The normalized spacial score (nSPS) is 22.4. The van der Waals surface area contributed by atoms with E-state index < -0.39 is 27.5 Å². The second kappa shape index (κ2) is 10.4. The van der Waals surface area contributed by atoms with Gasteiger partial charge in [0.25, 0.3) is 10.0 Å². The Morgan fingerprint density at radius 3 is 2.50 bits per heavy atom. The van der Waals surface area contributed by atoms with E-state index in [1.807, 2.05) is 6.08 Å². The average Bonchev–Trinajstić information content (AvgIpc) is 3.65. The predicted molar refractivity (Wildman–Crippen MR) is 145 cm³/mol. The van der Waals surface area contributed by atoms with E-state index >= 15 is 0 Å². The first-order valence-electron chi connectivity index (χ1n) is 12.8. The largest absolute Gasteiger partial charge is 0.496 e. The van der Waals surface area contributed by atoms with Gasteiger partial charge in [0, 0.05) is 18.5 Å². The molecule has 2 heterocycles. The fourth-order valence-corrected chi connectivity index (χ4v) is 7.44. The maximum atomic E-state index is 13.7. The third kappa shape index (κ3) is 4.56. The summed E-state index contributed by atoms with van der Waals surface area (Å²) in [6.07, 6.45) is 3.09. The molecule has 3 atom stereocenters. The fourth-order valence-electron chi connectivity index (χ4n) is 5.96. The number of nitrogens with zero attached hydrogens (tertiary/aromatic N) is 2. The van der Waals surface area contributed by atoms with Crippen LogP contribution in [0, 0.1) is 25.6 Å². The minimum Gasteiger partial charge on any atom is -0.496 e. The molecule has 0 N–H and O–H groups in total. The lowest BCUT2D eigenvalue weighted by molar-refractivity contribution is -0.146. The van der Waals surface area contributed by atoms with Gasteiger partial charge in [-0.25, -0.2) is 12.8 Å². The van der Waals surface area contributed by atoms with Crippen molar-refractivity contribution in [3.8, 4) is 5.75 Å². The first kappa shape index (κ1) is 27.9. The lowest BCUT2D eigenvalue weighted by Gasteiger charge is -2.31. The molecular weight excluding hydrogens is 539 g/mol. The van der Waals surface area contributed by atoms with Gasteiger partial charge in [-0.1, -0.05) is 17.3 Å². The molecule has 0 radical (unpaired) electrons. The van der Waals surface area contributed by atoms with Crippen LogP contribution < -0.4 is 9.04 Å². The molecule has 1 spiro atoms. The maximum absolute atomic E-state index is 13.7. The van der Waals surface area contributed by atoms with E-state index in [0.29, 0.717) is 29.8 Å². The molecule has 1 fully saturated rings. The number of rotatable bonds is 7. The highest BCUT2D eigenvalue weighted by atomic mass is 32.2. The Balaban J connectivity index is 1.56. The molecule has 11 heteroatoms. The highest BCUT2D eigenvalue weighted by Gasteiger charge is 2.54. The van der Waals surface area contributed by atoms with Gasteiger partial charge in [-0.05, 0) is 74.2 Å². The van der Waals surface area contributed by atoms with Gasteiger partial charge in [-0.2, -0.15) is 0 Å². The van der Waals surface area contributed by atoms with Gasteiger partial charge in [0.1, 0.15) is 17.3 Å². The first-order valence-corrected chi connectivity index (χ1v) is 14.3. The first-order chi connectivity index (χ1) is 19.0. The number of aromatic nitrogens is 1. The van der Waals surface area contributed by atoms with E-state index in [4.69, 9.17) is 18.7 Å². The Labute approximate surface area is 232 Å². The molecule has 1 aliphatic heterocycles. The van der Waals surface area contributed by atoms with Crippen LogP contribution in [0.25, 0.3) is 5.57 Å². The zero-order valence-corrected chi connectivity index (χ0v) is 23.7. The standard InChI is InChI=1S/C29H31FN2O7S/c1-17-27(18(2)39-31-17)40(34,35)32(3)22-10-11-25(36-4)24(14-22)20-15-29(38-16-20)13-12-23(28(33)37-5)26(29)19-6-8-21(30)9-7-19/h6-11,14-15,23,26H,12-13,16H2,1-5H3/t23-,26+,29+/m0/s1. The molecule has 0 bridgehead atoms. The van der Waals surface area contributed by atoms with Crippen LogP contribution in [0.4, 0.5) is 10.1 Å². The Hall–Kier alpha value is -3.70. The number of benzene rings is 2. The molecule has 2 aliphatic rings. The molecule has 1 aliphatic carbocycles. The maximum Gasteiger partial charge on any atom is 0.309 e. The van der Waals surface area contributed by atoms with Gasteiger partial charge < -0.3 is 18.7 Å². The number of carbonyl (C=O) groups excluding carboxylic acids is 1. The molecule has 2 aromatic carbocycles. The zero-order valence-electron chi connectivity index (χ0n) is 22.9. The summed E-state index contributed by atoms with van der Waals surface area (Å²) < 4.78 is 64.1. The van der Waals surface area contributed by atoms with Crippen LogP contribution in [0.2, 0.25) is 0 Å². The van der Waals surface area contributed by atoms with Gasteiger partial charge in [0.15, 0.2) is 10.7 Å². The number of ether oxygens (including phenoxy) is 3. The minimum absolute atomic E-state index is 0.0247. The molecular formula is C29H31FN2O7S. The number of aryl methyl sites for hydroxylation is 2. The van der Waals surface area contributed by atoms with E-state index in [1.165, 1.54) is 30.6 Å². The molecule has 212 valence electrons. The number of halogens is 1. The summed E-state index contributed by atoms with van der Waals surface area (Å²) in [5.41, 5.74) is 2.09. The minimum atomic E-state index is -3.96. The number of hydrogen-bond acceptors (Lipinski definition) is 8. The van der Waals surface area contributed by atoms with E-state index in [9.17, 15) is 17.6 Å². The smallest absolute Gasteiger partial charge is 0.309 e. The lowest BCUT2D eigenvalue weighted by Crippen LogP contribution is -2.34. The van der Waals surface area contributed by atoms with Crippen LogP contribution in [0.5, 0.6) is 5.75 Å². The number of sulfonamides is 1. The number of carbonyl (C=O) groups is 1. The summed E-state index contributed by atoms with van der Waals surface area (Å²) >= 11 is 0. The molecule has 3 aromatic rings. The highest BCUT2D eigenvalue weighted by Crippen LogP contribution is 2.54. The summed E-state index contributed by atoms with van der Waals surface area (Å²) in [6, 6.07) is 11.2. The van der Waals surface area contributed by atoms with E-state index in [1.54, 1.807) is 51.3 Å². The number of methoxy groups -OCH3 is 2. The Bertz CT molecular complexity index is 1560. The second-order valence-electron chi connectivity index (χ2n) is 10.1. The Morgan fingerprint density at radius 2 is 1.88 bits per heavy atom. The Kier molecular flexibility index (Phi) is 7.22. The quantitative estimate of drug-likeness (QED) is 0.374. The molecule has 0 amide bonds. The van der Waals surface area contributed by atoms with Gasteiger partial charge in [0.05, 0.1) is 38.0 Å². The fraction of sp³-hybridized carbons (Fsp3) is 0.379. The van der Waals surface area contributed by atoms with E-state index in [0.717, 1.165) is 11.1 Å². The van der Waals surface area contributed by atoms with Crippen LogP contribution in [0.3, 0.4) is 0 Å². The van der Waals surface area contributed by atoms with Crippen molar-refractivity contribution in [2.45, 2.75) is 43.1 Å². The van der Waals surface area contributed by atoms with Crippen molar-refractivity contribution in [2.24, 2.45) is 5.92 Å². The summed E-state index contributed by atoms with van der Waals surface area (Å²) in [5.74, 6) is -0.825. The number of esters is 1. The third-order valence-electron chi connectivity index (χ3n) is 7.90. The highest BCUT2D eigenvalue weighted by molar-refractivity contribution is 7.92. The van der Waals surface area contributed by atoms with Gasteiger partial charge in [-0.3, -0.25) is 9.10 Å². The van der Waals surface area contributed by atoms with Crippen molar-refractivity contribution in [1.29, 1.82) is 0 Å². The van der Waals surface area contributed by atoms with Crippen LogP contribution in [-0.4, -0.2) is 53.0 Å². The van der Waals surface area contributed by atoms with Crippen molar-refractivity contribution in [2.75, 3.05) is 32.2 Å². The van der Waals surface area contributed by atoms with Crippen LogP contribution in [0.1, 0.15) is 41.3 Å². The third-order valence-corrected chi connectivity index (χ3v) is 9.93. The van der Waals surface area contributed by atoms with Crippen LogP contribution in [-0.2, 0) is 24.3 Å². The van der Waals surface area contributed by atoms with Crippen molar-refractivity contribution in [1.82, 2.24) is 5.16 Å². The number of anilines is 1. The van der Waals surface area contributed by atoms with Crippen molar-refractivity contribution in [3.05, 3.63) is 76.9 Å². The summed E-state index contributed by atoms with van der Waals surface area (Å²) in [7, 11) is 0.409. The summed E-state index contributed by atoms with van der Waals surface area (Å²) in [4.78, 5) is 12.8. The SMILES string of the molecule is COC(=O)[C@H]1CC[C@@]2(C=C(c3cc(N(C)S(=O)(=O)c4c(C)noc4C)ccc3OC)CO2)[C@@H]1c1ccc(F)cc1. The van der Waals surface area contributed by atoms with Crippen molar-refractivity contribution >= 4 is 27.3 Å². The lowest BCUT2D eigenvalue weighted by atomic mass is 9.79. The molecule has 9 nitrogen and oxygen atoms in total. The van der Waals surface area contributed by atoms with E-state index in [-0.39, 0.29) is 34.7 Å². The predicted octanol–water partition coefficient (Wildman–Crippen LogP) is 4.78. The average molecular weight is 571 g/mol. The molecule has 1 aromatic heterocycles. The summed E-state index contributed by atoms with van der Waals surface area (Å²) in [5, 5.41) is 3.79. The molecule has 0 unspecified atom stereocenters.